The van der Waals surface area contributed by atoms with E-state index in [1.807, 2.05) is 6.92 Å². The zero-order chi connectivity index (χ0) is 8.27. The summed E-state index contributed by atoms with van der Waals surface area (Å²) in [6.07, 6.45) is 2.52. The number of nitrogens with zero attached hydrogens (tertiary/aromatic N) is 1. The van der Waals surface area contributed by atoms with Crippen LogP contribution in [0.1, 0.15) is 19.8 Å². The molecule has 0 atom stereocenters. The first-order valence-corrected chi connectivity index (χ1v) is 4.03. The van der Waals surface area contributed by atoms with E-state index < -0.39 is 0 Å². The normalized spacial score (nSPS) is 16.2. The van der Waals surface area contributed by atoms with Gasteiger partial charge in [-0.2, -0.15) is 0 Å². The number of hydrazine groups is 1. The molecule has 4 nitrogen and oxygen atoms in total. The number of urea groups is 1. The second kappa shape index (κ2) is 3.57. The summed E-state index contributed by atoms with van der Waals surface area (Å²) in [6.45, 7) is 3.55. The van der Waals surface area contributed by atoms with Crippen LogP contribution in [-0.4, -0.2) is 24.0 Å². The van der Waals surface area contributed by atoms with Crippen molar-refractivity contribution >= 4 is 6.03 Å². The first-order valence-electron chi connectivity index (χ1n) is 4.03. The molecular formula is C7H15N3O. The van der Waals surface area contributed by atoms with Crippen molar-refractivity contribution in [3.8, 4) is 0 Å². The molecule has 0 aromatic rings. The zero-order valence-corrected chi connectivity index (χ0v) is 6.84. The van der Waals surface area contributed by atoms with Crippen LogP contribution < -0.4 is 11.3 Å². The van der Waals surface area contributed by atoms with E-state index in [4.69, 9.17) is 5.84 Å². The van der Waals surface area contributed by atoms with Gasteiger partial charge >= 0.3 is 6.03 Å². The summed E-state index contributed by atoms with van der Waals surface area (Å²) in [5.41, 5.74) is 2.14. The lowest BCUT2D eigenvalue weighted by Crippen LogP contribution is -2.44. The van der Waals surface area contributed by atoms with Gasteiger partial charge in [0.15, 0.2) is 0 Å². The quantitative estimate of drug-likeness (QED) is 0.352. The van der Waals surface area contributed by atoms with Crippen LogP contribution in [-0.2, 0) is 0 Å². The predicted molar refractivity (Wildman–Crippen MR) is 42.7 cm³/mol. The fraction of sp³-hybridized carbons (Fsp3) is 0.857. The lowest BCUT2D eigenvalue weighted by atomic mass is 10.4. The molecule has 0 bridgehead atoms. The first kappa shape index (κ1) is 8.33. The number of hydrogen-bond acceptors (Lipinski definition) is 2. The third kappa shape index (κ3) is 2.38. The van der Waals surface area contributed by atoms with Crippen LogP contribution in [0.2, 0.25) is 0 Å². The molecule has 0 unspecified atom stereocenters. The summed E-state index contributed by atoms with van der Waals surface area (Å²) in [5.74, 6) is 5.73. The molecule has 11 heavy (non-hydrogen) atoms. The fourth-order valence-corrected chi connectivity index (χ4v) is 1.06. The van der Waals surface area contributed by atoms with E-state index in [2.05, 4.69) is 5.43 Å². The molecule has 64 valence electrons. The summed E-state index contributed by atoms with van der Waals surface area (Å²) < 4.78 is 0. The standard InChI is InChI=1S/C7H15N3O/c1-2-10(7(11)9-8)5-6-3-4-6/h6H,2-5,8H2,1H3,(H,9,11). The zero-order valence-electron chi connectivity index (χ0n) is 6.84. The fourth-order valence-electron chi connectivity index (χ4n) is 1.06. The number of nitrogens with two attached hydrogens (primary N) is 1. The minimum Gasteiger partial charge on any atom is -0.324 e. The van der Waals surface area contributed by atoms with Crippen molar-refractivity contribution < 1.29 is 4.79 Å². The van der Waals surface area contributed by atoms with E-state index in [1.165, 1.54) is 12.8 Å². The maximum atomic E-state index is 11.0. The largest absolute Gasteiger partial charge is 0.331 e. The molecule has 2 amide bonds. The molecule has 0 aliphatic heterocycles. The molecule has 0 aromatic carbocycles. The van der Waals surface area contributed by atoms with Gasteiger partial charge in [0.25, 0.3) is 0 Å². The lowest BCUT2D eigenvalue weighted by molar-refractivity contribution is 0.198. The molecule has 4 heteroatoms. The average Bonchev–Trinajstić information content (AvgIpc) is 2.82. The molecule has 0 radical (unpaired) electrons. The molecule has 1 aliphatic rings. The number of nitrogens with one attached hydrogen (secondary N) is 1. The summed E-state index contributed by atoms with van der Waals surface area (Å²) in [5, 5.41) is 0. The van der Waals surface area contributed by atoms with Gasteiger partial charge in [-0.05, 0) is 25.7 Å². The van der Waals surface area contributed by atoms with E-state index in [0.29, 0.717) is 0 Å². The topological polar surface area (TPSA) is 58.4 Å². The van der Waals surface area contributed by atoms with Crippen LogP contribution >= 0.6 is 0 Å². The second-order valence-corrected chi connectivity index (χ2v) is 2.93. The lowest BCUT2D eigenvalue weighted by Gasteiger charge is -2.19. The summed E-state index contributed by atoms with van der Waals surface area (Å²) >= 11 is 0. The Morgan fingerprint density at radius 1 is 1.73 bits per heavy atom. The van der Waals surface area contributed by atoms with Crippen molar-refractivity contribution in [3.63, 3.8) is 0 Å². The minimum absolute atomic E-state index is 0.167. The van der Waals surface area contributed by atoms with Crippen molar-refractivity contribution in [1.29, 1.82) is 0 Å². The highest BCUT2D eigenvalue weighted by atomic mass is 16.2. The molecule has 0 aromatic heterocycles. The molecule has 1 saturated carbocycles. The number of rotatable bonds is 3. The maximum Gasteiger partial charge on any atom is 0.331 e. The van der Waals surface area contributed by atoms with Crippen LogP contribution in [0.5, 0.6) is 0 Å². The Hall–Kier alpha value is -0.770. The van der Waals surface area contributed by atoms with Gasteiger partial charge in [0.05, 0.1) is 0 Å². The maximum absolute atomic E-state index is 11.0. The molecular weight excluding hydrogens is 142 g/mol. The smallest absolute Gasteiger partial charge is 0.324 e. The molecule has 1 fully saturated rings. The van der Waals surface area contributed by atoms with Crippen LogP contribution in [0.3, 0.4) is 0 Å². The Morgan fingerprint density at radius 3 is 2.73 bits per heavy atom. The molecule has 0 spiro atoms. The Morgan fingerprint density at radius 2 is 2.36 bits per heavy atom. The van der Waals surface area contributed by atoms with Crippen molar-refractivity contribution in [2.24, 2.45) is 11.8 Å². The van der Waals surface area contributed by atoms with Crippen molar-refractivity contribution in [3.05, 3.63) is 0 Å². The highest BCUT2D eigenvalue weighted by Crippen LogP contribution is 2.29. The molecule has 0 saturated heterocycles. The summed E-state index contributed by atoms with van der Waals surface area (Å²) in [4.78, 5) is 12.7. The number of amides is 2. The van der Waals surface area contributed by atoms with E-state index in [0.717, 1.165) is 19.0 Å². The minimum atomic E-state index is -0.167. The SMILES string of the molecule is CCN(CC1CC1)C(=O)NN. The summed E-state index contributed by atoms with van der Waals surface area (Å²) in [6, 6.07) is -0.167. The molecule has 1 aliphatic carbocycles. The van der Waals surface area contributed by atoms with Crippen LogP contribution in [0.4, 0.5) is 4.79 Å². The van der Waals surface area contributed by atoms with Crippen LogP contribution in [0, 0.1) is 5.92 Å². The van der Waals surface area contributed by atoms with E-state index in [1.54, 1.807) is 4.90 Å². The number of hydrogen-bond donors (Lipinski definition) is 2. The van der Waals surface area contributed by atoms with Gasteiger partial charge in [-0.1, -0.05) is 0 Å². The third-order valence-electron chi connectivity index (χ3n) is 1.97. The van der Waals surface area contributed by atoms with E-state index in [9.17, 15) is 4.79 Å². The Labute approximate surface area is 66.7 Å². The van der Waals surface area contributed by atoms with Crippen molar-refractivity contribution in [1.82, 2.24) is 10.3 Å². The van der Waals surface area contributed by atoms with Gasteiger partial charge in [0.1, 0.15) is 0 Å². The third-order valence-corrected chi connectivity index (χ3v) is 1.97. The van der Waals surface area contributed by atoms with Gasteiger partial charge in [0.2, 0.25) is 0 Å². The monoisotopic (exact) mass is 157 g/mol. The molecule has 0 heterocycles. The highest BCUT2D eigenvalue weighted by molar-refractivity contribution is 5.73. The summed E-state index contributed by atoms with van der Waals surface area (Å²) in [7, 11) is 0. The second-order valence-electron chi connectivity index (χ2n) is 2.93. The van der Waals surface area contributed by atoms with Gasteiger partial charge in [-0.15, -0.1) is 0 Å². The number of carbonyl (C=O) groups excluding carboxylic acids is 1. The van der Waals surface area contributed by atoms with Crippen molar-refractivity contribution in [2.75, 3.05) is 13.1 Å². The van der Waals surface area contributed by atoms with Crippen LogP contribution in [0.25, 0.3) is 0 Å². The first-order chi connectivity index (χ1) is 5.27. The predicted octanol–water partition coefficient (Wildman–Crippen LogP) is 0.302. The van der Waals surface area contributed by atoms with Gasteiger partial charge in [0, 0.05) is 13.1 Å². The van der Waals surface area contributed by atoms with Gasteiger partial charge in [-0.25, -0.2) is 10.6 Å². The van der Waals surface area contributed by atoms with Crippen molar-refractivity contribution in [2.45, 2.75) is 19.8 Å². The van der Waals surface area contributed by atoms with Gasteiger partial charge in [-0.3, -0.25) is 5.43 Å². The Balaban J connectivity index is 2.27. The average molecular weight is 157 g/mol. The highest BCUT2D eigenvalue weighted by Gasteiger charge is 2.25. The van der Waals surface area contributed by atoms with E-state index >= 15 is 0 Å². The van der Waals surface area contributed by atoms with Gasteiger partial charge < -0.3 is 4.90 Å². The van der Waals surface area contributed by atoms with E-state index in [-0.39, 0.29) is 6.03 Å². The molecule has 1 rings (SSSR count). The molecule has 3 N–H and O–H groups in total. The Bertz CT molecular complexity index is 145. The Kier molecular flexibility index (Phi) is 2.70. The van der Waals surface area contributed by atoms with Crippen LogP contribution in [0.15, 0.2) is 0 Å². The number of carbonyl (C=O) groups is 1.